The molecule has 0 aliphatic carbocycles. The molecule has 6 heteroatoms. The summed E-state index contributed by atoms with van der Waals surface area (Å²) in [5.41, 5.74) is 1.52. The highest BCUT2D eigenvalue weighted by Gasteiger charge is 2.04. The fourth-order valence-electron chi connectivity index (χ4n) is 1.73. The second-order valence-electron chi connectivity index (χ2n) is 4.51. The second-order valence-corrected chi connectivity index (χ2v) is 6.58. The first-order valence-electron chi connectivity index (χ1n) is 6.72. The number of aromatic amines is 1. The van der Waals surface area contributed by atoms with Gasteiger partial charge in [0.15, 0.2) is 5.16 Å². The Bertz CT molecular complexity index is 646. The number of thioether (sulfide) groups is 2. The van der Waals surface area contributed by atoms with Crippen molar-refractivity contribution in [3.8, 4) is 0 Å². The van der Waals surface area contributed by atoms with Gasteiger partial charge in [0, 0.05) is 17.6 Å². The van der Waals surface area contributed by atoms with Crippen LogP contribution < -0.4 is 5.56 Å². The number of halogens is 1. The Labute approximate surface area is 131 Å². The minimum absolute atomic E-state index is 0.140. The Kier molecular flexibility index (Phi) is 6.32. The van der Waals surface area contributed by atoms with E-state index in [1.165, 1.54) is 30.0 Å². The molecular formula is C15H17FN2OS2. The average Bonchev–Trinajstić information content (AvgIpc) is 2.45. The van der Waals surface area contributed by atoms with E-state index in [-0.39, 0.29) is 11.4 Å². The normalized spacial score (nSPS) is 10.8. The molecule has 2 rings (SSSR count). The third-order valence-electron chi connectivity index (χ3n) is 2.64. The van der Waals surface area contributed by atoms with E-state index in [1.54, 1.807) is 17.8 Å². The molecule has 3 nitrogen and oxygen atoms in total. The number of nitrogens with zero attached hydrogens (tertiary/aromatic N) is 1. The van der Waals surface area contributed by atoms with Gasteiger partial charge in [-0.1, -0.05) is 30.8 Å². The average molecular weight is 324 g/mol. The topological polar surface area (TPSA) is 45.8 Å². The van der Waals surface area contributed by atoms with Crippen molar-refractivity contribution < 1.29 is 4.39 Å². The number of aromatic nitrogens is 2. The third-order valence-corrected chi connectivity index (χ3v) is 4.78. The minimum Gasteiger partial charge on any atom is -0.301 e. The maximum Gasteiger partial charge on any atom is 0.251 e. The SMILES string of the molecule is CCCSCc1cc(=O)[nH]c(SCc2cccc(F)c2)n1. The molecule has 1 aromatic carbocycles. The molecule has 0 unspecified atom stereocenters. The Hall–Kier alpha value is -1.27. The van der Waals surface area contributed by atoms with Crippen LogP contribution in [-0.2, 0) is 11.5 Å². The lowest BCUT2D eigenvalue weighted by Gasteiger charge is -2.04. The molecule has 112 valence electrons. The summed E-state index contributed by atoms with van der Waals surface area (Å²) in [5.74, 6) is 2.12. The molecule has 0 aliphatic heterocycles. The van der Waals surface area contributed by atoms with E-state index in [9.17, 15) is 9.18 Å². The van der Waals surface area contributed by atoms with Crippen LogP contribution in [0.1, 0.15) is 24.6 Å². The van der Waals surface area contributed by atoms with E-state index < -0.39 is 0 Å². The van der Waals surface area contributed by atoms with E-state index >= 15 is 0 Å². The van der Waals surface area contributed by atoms with Crippen LogP contribution in [0.5, 0.6) is 0 Å². The van der Waals surface area contributed by atoms with Gasteiger partial charge in [-0.2, -0.15) is 11.8 Å². The van der Waals surface area contributed by atoms with Crippen molar-refractivity contribution in [3.05, 3.63) is 57.8 Å². The van der Waals surface area contributed by atoms with Crippen LogP contribution in [0, 0.1) is 5.82 Å². The van der Waals surface area contributed by atoms with Crippen LogP contribution in [0.2, 0.25) is 0 Å². The molecule has 2 aromatic rings. The van der Waals surface area contributed by atoms with Gasteiger partial charge in [-0.15, -0.1) is 0 Å². The van der Waals surface area contributed by atoms with Crippen LogP contribution in [0.3, 0.4) is 0 Å². The van der Waals surface area contributed by atoms with E-state index in [0.29, 0.717) is 10.9 Å². The van der Waals surface area contributed by atoms with Gasteiger partial charge >= 0.3 is 0 Å². The van der Waals surface area contributed by atoms with Gasteiger partial charge < -0.3 is 4.98 Å². The highest BCUT2D eigenvalue weighted by Crippen LogP contribution is 2.20. The number of hydrogen-bond acceptors (Lipinski definition) is 4. The summed E-state index contributed by atoms with van der Waals surface area (Å²) in [6.07, 6.45) is 1.11. The monoisotopic (exact) mass is 324 g/mol. The van der Waals surface area contributed by atoms with Crippen molar-refractivity contribution in [2.45, 2.75) is 30.0 Å². The molecule has 1 aromatic heterocycles. The number of hydrogen-bond donors (Lipinski definition) is 1. The molecule has 0 bridgehead atoms. The van der Waals surface area contributed by atoms with Crippen molar-refractivity contribution in [1.82, 2.24) is 9.97 Å². The standard InChI is InChI=1S/C15H17FN2OS2/c1-2-6-20-10-13-8-14(19)18-15(17-13)21-9-11-4-3-5-12(16)7-11/h3-5,7-8H,2,6,9-10H2,1H3,(H,17,18,19). The summed E-state index contributed by atoms with van der Waals surface area (Å²) in [4.78, 5) is 18.8. The number of nitrogens with one attached hydrogen (secondary N) is 1. The summed E-state index contributed by atoms with van der Waals surface area (Å²) in [6.45, 7) is 2.12. The van der Waals surface area contributed by atoms with Gasteiger partial charge in [0.1, 0.15) is 5.82 Å². The molecule has 21 heavy (non-hydrogen) atoms. The van der Waals surface area contributed by atoms with Crippen molar-refractivity contribution in [3.63, 3.8) is 0 Å². The Morgan fingerprint density at radius 1 is 1.29 bits per heavy atom. The first kappa shape index (κ1) is 16.1. The molecule has 0 spiro atoms. The molecule has 1 heterocycles. The molecule has 0 radical (unpaired) electrons. The van der Waals surface area contributed by atoms with E-state index in [1.807, 2.05) is 6.07 Å². The van der Waals surface area contributed by atoms with E-state index in [2.05, 4.69) is 16.9 Å². The van der Waals surface area contributed by atoms with Crippen LogP contribution in [0.25, 0.3) is 0 Å². The molecule has 0 aliphatic rings. The third kappa shape index (κ3) is 5.55. The van der Waals surface area contributed by atoms with Gasteiger partial charge in [0.05, 0.1) is 5.69 Å². The molecule has 0 amide bonds. The maximum absolute atomic E-state index is 13.1. The molecule has 0 saturated heterocycles. The van der Waals surface area contributed by atoms with E-state index in [0.717, 1.165) is 29.2 Å². The first-order valence-corrected chi connectivity index (χ1v) is 8.86. The van der Waals surface area contributed by atoms with Crippen LogP contribution in [0.15, 0.2) is 40.3 Å². The predicted octanol–water partition coefficient (Wildman–Crippen LogP) is 3.84. The van der Waals surface area contributed by atoms with Gasteiger partial charge in [0.25, 0.3) is 5.56 Å². The van der Waals surface area contributed by atoms with Crippen molar-refractivity contribution in [1.29, 1.82) is 0 Å². The number of H-pyrrole nitrogens is 1. The minimum atomic E-state index is -0.251. The van der Waals surface area contributed by atoms with Gasteiger partial charge in [0.2, 0.25) is 0 Å². The Morgan fingerprint density at radius 2 is 2.14 bits per heavy atom. The highest BCUT2D eigenvalue weighted by atomic mass is 32.2. The smallest absolute Gasteiger partial charge is 0.251 e. The van der Waals surface area contributed by atoms with Gasteiger partial charge in [-0.3, -0.25) is 4.79 Å². The fourth-order valence-corrected chi connectivity index (χ4v) is 3.35. The Balaban J connectivity index is 2.00. The summed E-state index contributed by atoms with van der Waals surface area (Å²) < 4.78 is 13.1. The van der Waals surface area contributed by atoms with Gasteiger partial charge in [-0.05, 0) is 29.9 Å². The lowest BCUT2D eigenvalue weighted by molar-refractivity contribution is 0.626. The number of benzene rings is 1. The zero-order valence-corrected chi connectivity index (χ0v) is 13.4. The molecular weight excluding hydrogens is 307 g/mol. The fraction of sp³-hybridized carbons (Fsp3) is 0.333. The lowest BCUT2D eigenvalue weighted by atomic mass is 10.2. The van der Waals surface area contributed by atoms with Crippen LogP contribution >= 0.6 is 23.5 Å². The number of rotatable bonds is 7. The largest absolute Gasteiger partial charge is 0.301 e. The molecule has 0 saturated carbocycles. The molecule has 0 atom stereocenters. The first-order chi connectivity index (χ1) is 10.2. The second kappa shape index (κ2) is 8.24. The van der Waals surface area contributed by atoms with Crippen LogP contribution in [0.4, 0.5) is 4.39 Å². The zero-order chi connectivity index (χ0) is 15.1. The summed E-state index contributed by atoms with van der Waals surface area (Å²) in [6, 6.07) is 7.98. The zero-order valence-electron chi connectivity index (χ0n) is 11.8. The summed E-state index contributed by atoms with van der Waals surface area (Å²) >= 11 is 3.17. The van der Waals surface area contributed by atoms with Crippen molar-refractivity contribution in [2.24, 2.45) is 0 Å². The summed E-state index contributed by atoms with van der Waals surface area (Å²) in [5, 5.41) is 0.582. The predicted molar refractivity (Wildman–Crippen MR) is 87.3 cm³/mol. The van der Waals surface area contributed by atoms with Crippen molar-refractivity contribution in [2.75, 3.05) is 5.75 Å². The van der Waals surface area contributed by atoms with Crippen molar-refractivity contribution >= 4 is 23.5 Å². The molecule has 0 fully saturated rings. The Morgan fingerprint density at radius 3 is 2.90 bits per heavy atom. The highest BCUT2D eigenvalue weighted by molar-refractivity contribution is 7.98. The van der Waals surface area contributed by atoms with Gasteiger partial charge in [-0.25, -0.2) is 9.37 Å². The maximum atomic E-state index is 13.1. The van der Waals surface area contributed by atoms with E-state index in [4.69, 9.17) is 0 Å². The quantitative estimate of drug-likeness (QED) is 0.477. The molecule has 1 N–H and O–H groups in total. The lowest BCUT2D eigenvalue weighted by Crippen LogP contribution is -2.09. The summed E-state index contributed by atoms with van der Waals surface area (Å²) in [7, 11) is 0. The van der Waals surface area contributed by atoms with Crippen LogP contribution in [-0.4, -0.2) is 15.7 Å².